The summed E-state index contributed by atoms with van der Waals surface area (Å²) in [5.74, 6) is 1.70. The highest BCUT2D eigenvalue weighted by molar-refractivity contribution is 4.99. The van der Waals surface area contributed by atoms with Gasteiger partial charge in [-0.1, -0.05) is 6.92 Å². The number of rotatable bonds is 1. The number of hydrogen-bond acceptors (Lipinski definition) is 2. The van der Waals surface area contributed by atoms with E-state index in [0.29, 0.717) is 0 Å². The van der Waals surface area contributed by atoms with Crippen LogP contribution in [0.15, 0.2) is 24.0 Å². The molecule has 9 heavy (non-hydrogen) atoms. The minimum atomic E-state index is 0.814. The molecular weight excluding hydrogens is 116 g/mol. The maximum atomic E-state index is 5.23. The van der Waals surface area contributed by atoms with Gasteiger partial charge in [-0.2, -0.15) is 0 Å². The number of hydrogen-bond donors (Lipinski definition) is 0. The zero-order valence-electron chi connectivity index (χ0n) is 5.68. The SMILES string of the molecule is CCC1=COC=C(C)O1. The summed E-state index contributed by atoms with van der Waals surface area (Å²) in [6, 6.07) is 0. The van der Waals surface area contributed by atoms with Gasteiger partial charge in [-0.05, 0) is 6.92 Å². The molecule has 1 rings (SSSR count). The summed E-state index contributed by atoms with van der Waals surface area (Å²) in [6.07, 6.45) is 4.08. The number of ether oxygens (including phenoxy) is 2. The Morgan fingerprint density at radius 1 is 1.44 bits per heavy atom. The molecule has 0 bridgehead atoms. The smallest absolute Gasteiger partial charge is 0.138 e. The molecule has 0 fully saturated rings. The average molecular weight is 126 g/mol. The Morgan fingerprint density at radius 2 is 2.22 bits per heavy atom. The molecule has 0 aromatic carbocycles. The van der Waals surface area contributed by atoms with Gasteiger partial charge in [-0.3, -0.25) is 0 Å². The van der Waals surface area contributed by atoms with E-state index in [0.717, 1.165) is 17.9 Å². The monoisotopic (exact) mass is 126 g/mol. The van der Waals surface area contributed by atoms with Crippen LogP contribution < -0.4 is 0 Å². The highest BCUT2D eigenvalue weighted by Gasteiger charge is 2.01. The zero-order valence-corrected chi connectivity index (χ0v) is 5.68. The molecular formula is C7H10O2. The molecule has 2 heteroatoms. The third-order valence-corrected chi connectivity index (χ3v) is 1.07. The van der Waals surface area contributed by atoms with Crippen molar-refractivity contribution in [3.63, 3.8) is 0 Å². The second kappa shape index (κ2) is 2.58. The van der Waals surface area contributed by atoms with Crippen LogP contribution in [0.4, 0.5) is 0 Å². The average Bonchev–Trinajstić information content (AvgIpc) is 1.88. The Kier molecular flexibility index (Phi) is 1.78. The van der Waals surface area contributed by atoms with Gasteiger partial charge >= 0.3 is 0 Å². The molecule has 0 aliphatic carbocycles. The summed E-state index contributed by atoms with van der Waals surface area (Å²) in [6.45, 7) is 3.89. The summed E-state index contributed by atoms with van der Waals surface area (Å²) in [5, 5.41) is 0. The molecule has 0 unspecified atom stereocenters. The fraction of sp³-hybridized carbons (Fsp3) is 0.429. The van der Waals surface area contributed by atoms with E-state index in [4.69, 9.17) is 9.47 Å². The molecule has 50 valence electrons. The van der Waals surface area contributed by atoms with E-state index in [-0.39, 0.29) is 0 Å². The first-order valence-corrected chi connectivity index (χ1v) is 3.02. The molecule has 2 nitrogen and oxygen atoms in total. The molecule has 1 heterocycles. The lowest BCUT2D eigenvalue weighted by atomic mass is 10.4. The number of allylic oxidation sites excluding steroid dienone is 2. The lowest BCUT2D eigenvalue weighted by molar-refractivity contribution is 0.217. The molecule has 0 atom stereocenters. The zero-order chi connectivity index (χ0) is 6.69. The van der Waals surface area contributed by atoms with Crippen molar-refractivity contribution < 1.29 is 9.47 Å². The molecule has 1 aliphatic heterocycles. The molecule has 0 radical (unpaired) electrons. The molecule has 0 saturated heterocycles. The van der Waals surface area contributed by atoms with Gasteiger partial charge < -0.3 is 9.47 Å². The van der Waals surface area contributed by atoms with Gasteiger partial charge in [-0.25, -0.2) is 0 Å². The van der Waals surface area contributed by atoms with E-state index < -0.39 is 0 Å². The van der Waals surface area contributed by atoms with Crippen LogP contribution in [0.3, 0.4) is 0 Å². The predicted octanol–water partition coefficient (Wildman–Crippen LogP) is 2.15. The van der Waals surface area contributed by atoms with Crippen molar-refractivity contribution in [1.82, 2.24) is 0 Å². The highest BCUT2D eigenvalue weighted by atomic mass is 16.5. The van der Waals surface area contributed by atoms with E-state index in [1.165, 1.54) is 0 Å². The van der Waals surface area contributed by atoms with Crippen LogP contribution in [0, 0.1) is 0 Å². The summed E-state index contributed by atoms with van der Waals surface area (Å²) in [4.78, 5) is 0. The van der Waals surface area contributed by atoms with Crippen LogP contribution in [0.1, 0.15) is 20.3 Å². The van der Waals surface area contributed by atoms with E-state index in [1.54, 1.807) is 12.5 Å². The lowest BCUT2D eigenvalue weighted by Gasteiger charge is -2.11. The van der Waals surface area contributed by atoms with Gasteiger partial charge in [0.1, 0.15) is 24.0 Å². The van der Waals surface area contributed by atoms with Gasteiger partial charge in [0.15, 0.2) is 0 Å². The Labute approximate surface area is 54.8 Å². The molecule has 0 N–H and O–H groups in total. The maximum absolute atomic E-state index is 5.23. The van der Waals surface area contributed by atoms with E-state index in [9.17, 15) is 0 Å². The second-order valence-corrected chi connectivity index (χ2v) is 1.90. The van der Waals surface area contributed by atoms with Crippen molar-refractivity contribution in [2.45, 2.75) is 20.3 Å². The van der Waals surface area contributed by atoms with Crippen LogP contribution in [0.5, 0.6) is 0 Å². The van der Waals surface area contributed by atoms with Crippen molar-refractivity contribution in [3.05, 3.63) is 24.0 Å². The van der Waals surface area contributed by atoms with Crippen LogP contribution in [-0.2, 0) is 9.47 Å². The minimum absolute atomic E-state index is 0.814. The van der Waals surface area contributed by atoms with Crippen LogP contribution in [0.2, 0.25) is 0 Å². The summed E-state index contributed by atoms with van der Waals surface area (Å²) >= 11 is 0. The largest absolute Gasteiger partial charge is 0.466 e. The van der Waals surface area contributed by atoms with Gasteiger partial charge in [0, 0.05) is 6.42 Å². The van der Waals surface area contributed by atoms with Crippen LogP contribution in [-0.4, -0.2) is 0 Å². The van der Waals surface area contributed by atoms with Crippen molar-refractivity contribution in [2.24, 2.45) is 0 Å². The lowest BCUT2D eigenvalue weighted by Crippen LogP contribution is -1.94. The van der Waals surface area contributed by atoms with Crippen molar-refractivity contribution >= 4 is 0 Å². The Morgan fingerprint density at radius 3 is 2.67 bits per heavy atom. The Hall–Kier alpha value is -0.920. The first kappa shape index (κ1) is 6.20. The fourth-order valence-corrected chi connectivity index (χ4v) is 0.616. The molecule has 0 aromatic rings. The van der Waals surface area contributed by atoms with Crippen molar-refractivity contribution in [2.75, 3.05) is 0 Å². The third-order valence-electron chi connectivity index (χ3n) is 1.07. The van der Waals surface area contributed by atoms with Crippen molar-refractivity contribution in [3.8, 4) is 0 Å². The predicted molar refractivity (Wildman–Crippen MR) is 34.3 cm³/mol. The van der Waals surface area contributed by atoms with Crippen molar-refractivity contribution in [1.29, 1.82) is 0 Å². The molecule has 0 spiro atoms. The van der Waals surface area contributed by atoms with Gasteiger partial charge in [-0.15, -0.1) is 0 Å². The van der Waals surface area contributed by atoms with E-state index in [2.05, 4.69) is 0 Å². The fourth-order valence-electron chi connectivity index (χ4n) is 0.616. The molecule has 0 saturated carbocycles. The van der Waals surface area contributed by atoms with Gasteiger partial charge in [0.25, 0.3) is 0 Å². The van der Waals surface area contributed by atoms with Crippen LogP contribution in [0.25, 0.3) is 0 Å². The summed E-state index contributed by atoms with van der Waals surface area (Å²) < 4.78 is 10.2. The van der Waals surface area contributed by atoms with E-state index in [1.807, 2.05) is 13.8 Å². The van der Waals surface area contributed by atoms with Crippen LogP contribution >= 0.6 is 0 Å². The quantitative estimate of drug-likeness (QED) is 0.536. The van der Waals surface area contributed by atoms with Gasteiger partial charge in [0.2, 0.25) is 0 Å². The molecule has 1 aliphatic rings. The highest BCUT2D eigenvalue weighted by Crippen LogP contribution is 2.13. The standard InChI is InChI=1S/C7H10O2/c1-3-7-5-8-4-6(2)9-7/h4-5H,3H2,1-2H3. The normalized spacial score (nSPS) is 17.1. The Balaban J connectivity index is 2.51. The molecule has 0 aromatic heterocycles. The maximum Gasteiger partial charge on any atom is 0.138 e. The van der Waals surface area contributed by atoms with E-state index >= 15 is 0 Å². The summed E-state index contributed by atoms with van der Waals surface area (Å²) in [7, 11) is 0. The summed E-state index contributed by atoms with van der Waals surface area (Å²) in [5.41, 5.74) is 0. The Bertz CT molecular complexity index is 156. The second-order valence-electron chi connectivity index (χ2n) is 1.90. The van der Waals surface area contributed by atoms with Gasteiger partial charge in [0.05, 0.1) is 0 Å². The first-order chi connectivity index (χ1) is 4.33. The molecule has 0 amide bonds. The third kappa shape index (κ3) is 1.49. The topological polar surface area (TPSA) is 18.5 Å². The first-order valence-electron chi connectivity index (χ1n) is 3.02. The minimum Gasteiger partial charge on any atom is -0.466 e.